The van der Waals surface area contributed by atoms with E-state index < -0.39 is 6.29 Å². The van der Waals surface area contributed by atoms with Crippen molar-refractivity contribution in [3.8, 4) is 11.5 Å². The highest BCUT2D eigenvalue weighted by molar-refractivity contribution is 5.85. The van der Waals surface area contributed by atoms with Crippen LogP contribution in [-0.2, 0) is 15.9 Å². The molecule has 5 nitrogen and oxygen atoms in total. The van der Waals surface area contributed by atoms with Crippen LogP contribution in [0, 0.1) is 0 Å². The molecule has 0 fully saturated rings. The van der Waals surface area contributed by atoms with Gasteiger partial charge in [-0.05, 0) is 18.1 Å². The quantitative estimate of drug-likeness (QED) is 0.807. The second kappa shape index (κ2) is 4.73. The molecule has 0 unspecified atom stereocenters. The summed E-state index contributed by atoms with van der Waals surface area (Å²) >= 11 is 0. The Balaban J connectivity index is 2.63. The van der Waals surface area contributed by atoms with Crippen molar-refractivity contribution in [1.29, 1.82) is 0 Å². The van der Waals surface area contributed by atoms with Crippen molar-refractivity contribution >= 4 is 6.29 Å². The van der Waals surface area contributed by atoms with Crippen molar-refractivity contribution < 1.29 is 24.1 Å². The van der Waals surface area contributed by atoms with Gasteiger partial charge in [-0.25, -0.2) is 0 Å². The van der Waals surface area contributed by atoms with E-state index in [4.69, 9.17) is 14.2 Å². The SMILES string of the molecule is COc1cc2c(c(O)c1C=O)[C@@H](OC)OCC2. The molecule has 1 aromatic rings. The fourth-order valence-corrected chi connectivity index (χ4v) is 2.03. The van der Waals surface area contributed by atoms with E-state index in [1.54, 1.807) is 6.07 Å². The maximum Gasteiger partial charge on any atom is 0.187 e. The summed E-state index contributed by atoms with van der Waals surface area (Å²) in [6.07, 6.45) is 0.581. The van der Waals surface area contributed by atoms with Gasteiger partial charge in [-0.15, -0.1) is 0 Å². The van der Waals surface area contributed by atoms with Crippen molar-refractivity contribution in [2.24, 2.45) is 0 Å². The first kappa shape index (κ1) is 11.9. The lowest BCUT2D eigenvalue weighted by atomic mass is 9.97. The molecular formula is C12H14O5. The zero-order chi connectivity index (χ0) is 12.4. The van der Waals surface area contributed by atoms with Crippen LogP contribution in [0.5, 0.6) is 11.5 Å². The summed E-state index contributed by atoms with van der Waals surface area (Å²) < 4.78 is 15.6. The number of hydrogen-bond acceptors (Lipinski definition) is 5. The number of fused-ring (bicyclic) bond motifs is 1. The Morgan fingerprint density at radius 1 is 1.53 bits per heavy atom. The fraction of sp³-hybridized carbons (Fsp3) is 0.417. The Morgan fingerprint density at radius 2 is 2.29 bits per heavy atom. The first-order valence-corrected chi connectivity index (χ1v) is 5.25. The van der Waals surface area contributed by atoms with Crippen molar-refractivity contribution in [3.63, 3.8) is 0 Å². The molecule has 1 atom stereocenters. The lowest BCUT2D eigenvalue weighted by Crippen LogP contribution is -2.18. The van der Waals surface area contributed by atoms with E-state index >= 15 is 0 Å². The first-order valence-electron chi connectivity index (χ1n) is 5.25. The Hall–Kier alpha value is -1.59. The van der Waals surface area contributed by atoms with Crippen LogP contribution in [0.2, 0.25) is 0 Å². The monoisotopic (exact) mass is 238 g/mol. The van der Waals surface area contributed by atoms with Gasteiger partial charge >= 0.3 is 0 Å². The number of phenolic OH excluding ortho intramolecular Hbond substituents is 1. The highest BCUT2D eigenvalue weighted by Gasteiger charge is 2.28. The number of phenols is 1. The van der Waals surface area contributed by atoms with Gasteiger partial charge in [-0.1, -0.05) is 0 Å². The van der Waals surface area contributed by atoms with Gasteiger partial charge in [0.05, 0.1) is 24.8 Å². The molecule has 0 aromatic heterocycles. The van der Waals surface area contributed by atoms with Gasteiger partial charge in [0.15, 0.2) is 12.6 Å². The van der Waals surface area contributed by atoms with Crippen LogP contribution in [0.25, 0.3) is 0 Å². The molecule has 2 rings (SSSR count). The van der Waals surface area contributed by atoms with E-state index in [0.29, 0.717) is 30.6 Å². The third-order valence-corrected chi connectivity index (χ3v) is 2.86. The standard InChI is InChI=1S/C12H14O5/c1-15-9-5-7-3-4-17-12(16-2)10(7)11(14)8(9)6-13/h5-6,12,14H,3-4H2,1-2H3/t12-/m0/s1. The lowest BCUT2D eigenvalue weighted by molar-refractivity contribution is -0.135. The average molecular weight is 238 g/mol. The highest BCUT2D eigenvalue weighted by Crippen LogP contribution is 2.40. The molecule has 17 heavy (non-hydrogen) atoms. The summed E-state index contributed by atoms with van der Waals surface area (Å²) in [5, 5.41) is 10.1. The van der Waals surface area contributed by atoms with E-state index in [1.807, 2.05) is 0 Å². The molecule has 1 aliphatic rings. The molecule has 1 N–H and O–H groups in total. The van der Waals surface area contributed by atoms with Gasteiger partial charge in [0.1, 0.15) is 11.5 Å². The van der Waals surface area contributed by atoms with E-state index in [1.165, 1.54) is 14.2 Å². The second-order valence-electron chi connectivity index (χ2n) is 3.72. The summed E-state index contributed by atoms with van der Waals surface area (Å²) in [5.74, 6) is 0.244. The van der Waals surface area contributed by atoms with Gasteiger partial charge in [0.25, 0.3) is 0 Å². The van der Waals surface area contributed by atoms with Gasteiger partial charge in [-0.3, -0.25) is 4.79 Å². The van der Waals surface area contributed by atoms with Crippen molar-refractivity contribution in [3.05, 3.63) is 22.8 Å². The topological polar surface area (TPSA) is 65.0 Å². The van der Waals surface area contributed by atoms with Gasteiger partial charge < -0.3 is 19.3 Å². The normalized spacial score (nSPS) is 18.6. The van der Waals surface area contributed by atoms with E-state index in [-0.39, 0.29) is 11.3 Å². The largest absolute Gasteiger partial charge is 0.507 e. The van der Waals surface area contributed by atoms with Crippen LogP contribution in [0.1, 0.15) is 27.8 Å². The molecule has 1 heterocycles. The van der Waals surface area contributed by atoms with E-state index in [0.717, 1.165) is 5.56 Å². The minimum absolute atomic E-state index is 0.124. The van der Waals surface area contributed by atoms with Crippen molar-refractivity contribution in [2.75, 3.05) is 20.8 Å². The molecule has 0 radical (unpaired) electrons. The smallest absolute Gasteiger partial charge is 0.187 e. The third kappa shape index (κ3) is 1.87. The number of ether oxygens (including phenoxy) is 3. The number of aldehydes is 1. The summed E-state index contributed by atoms with van der Waals surface area (Å²) in [4.78, 5) is 11.0. The first-order chi connectivity index (χ1) is 8.22. The maximum atomic E-state index is 11.0. The second-order valence-corrected chi connectivity index (χ2v) is 3.72. The Labute approximate surface area is 98.9 Å². The number of benzene rings is 1. The molecule has 0 amide bonds. The fourth-order valence-electron chi connectivity index (χ4n) is 2.03. The Bertz CT molecular complexity index is 441. The van der Waals surface area contributed by atoms with Crippen molar-refractivity contribution in [1.82, 2.24) is 0 Å². The van der Waals surface area contributed by atoms with Gasteiger partial charge in [0.2, 0.25) is 0 Å². The summed E-state index contributed by atoms with van der Waals surface area (Å²) in [7, 11) is 2.95. The summed E-state index contributed by atoms with van der Waals surface area (Å²) in [5.41, 5.74) is 1.52. The average Bonchev–Trinajstić information content (AvgIpc) is 2.37. The molecule has 0 aliphatic carbocycles. The minimum Gasteiger partial charge on any atom is -0.507 e. The third-order valence-electron chi connectivity index (χ3n) is 2.86. The maximum absolute atomic E-state index is 11.0. The van der Waals surface area contributed by atoms with Gasteiger partial charge in [-0.2, -0.15) is 0 Å². The number of rotatable bonds is 3. The highest BCUT2D eigenvalue weighted by atomic mass is 16.7. The van der Waals surface area contributed by atoms with E-state index in [2.05, 4.69) is 0 Å². The van der Waals surface area contributed by atoms with Crippen LogP contribution >= 0.6 is 0 Å². The predicted octanol–water partition coefficient (Wildman–Crippen LogP) is 1.43. The van der Waals surface area contributed by atoms with Crippen molar-refractivity contribution in [2.45, 2.75) is 12.7 Å². The zero-order valence-electron chi connectivity index (χ0n) is 9.73. The Morgan fingerprint density at radius 3 is 2.88 bits per heavy atom. The summed E-state index contributed by atoms with van der Waals surface area (Å²) in [6, 6.07) is 1.74. The molecule has 1 aliphatic heterocycles. The number of aromatic hydroxyl groups is 1. The van der Waals surface area contributed by atoms with E-state index in [9.17, 15) is 9.90 Å². The molecule has 5 heteroatoms. The predicted molar refractivity (Wildman–Crippen MR) is 59.5 cm³/mol. The molecule has 92 valence electrons. The van der Waals surface area contributed by atoms with Crippen LogP contribution in [0.3, 0.4) is 0 Å². The van der Waals surface area contributed by atoms with Crippen LogP contribution in [0.15, 0.2) is 6.07 Å². The molecule has 0 bridgehead atoms. The van der Waals surface area contributed by atoms with Crippen LogP contribution in [0.4, 0.5) is 0 Å². The molecule has 0 spiro atoms. The van der Waals surface area contributed by atoms with Gasteiger partial charge in [0, 0.05) is 7.11 Å². The summed E-state index contributed by atoms with van der Waals surface area (Å²) in [6.45, 7) is 0.508. The van der Waals surface area contributed by atoms with Crippen LogP contribution in [-0.4, -0.2) is 32.2 Å². The minimum atomic E-state index is -0.636. The number of hydrogen-bond donors (Lipinski definition) is 1. The molecular weight excluding hydrogens is 224 g/mol. The van der Waals surface area contributed by atoms with Crippen LogP contribution < -0.4 is 4.74 Å². The zero-order valence-corrected chi connectivity index (χ0v) is 9.73. The molecule has 0 saturated carbocycles. The lowest BCUT2D eigenvalue weighted by Gasteiger charge is -2.26. The number of methoxy groups -OCH3 is 2. The molecule has 0 saturated heterocycles. The molecule has 1 aromatic carbocycles. The number of carbonyl (C=O) groups is 1. The Kier molecular flexibility index (Phi) is 3.31. The number of carbonyl (C=O) groups excluding carboxylic acids is 1.